The van der Waals surface area contributed by atoms with Crippen LogP contribution in [0.2, 0.25) is 5.02 Å². The number of nitrogens with one attached hydrogen (secondary N) is 1. The summed E-state index contributed by atoms with van der Waals surface area (Å²) in [5.74, 6) is 0. The Bertz CT molecular complexity index is 714. The number of anilines is 1. The van der Waals surface area contributed by atoms with Crippen LogP contribution in [0.1, 0.15) is 37.9 Å². The van der Waals surface area contributed by atoms with E-state index >= 15 is 0 Å². The molecule has 2 rings (SSSR count). The average Bonchev–Trinajstić information content (AvgIpc) is 2.47. The predicted octanol–water partition coefficient (Wildman–Crippen LogP) is 4.83. The number of benzene rings is 2. The maximum atomic E-state index is 12.6. The van der Waals surface area contributed by atoms with Gasteiger partial charge in [-0.3, -0.25) is 0 Å². The smallest absolute Gasteiger partial charge is 0.0979 e. The van der Waals surface area contributed by atoms with Gasteiger partial charge in [0.15, 0.2) is 0 Å². The van der Waals surface area contributed by atoms with Gasteiger partial charge in [0.2, 0.25) is 0 Å². The molecule has 0 heterocycles. The van der Waals surface area contributed by atoms with Gasteiger partial charge in [0.05, 0.1) is 21.8 Å². The van der Waals surface area contributed by atoms with E-state index < -0.39 is 11.0 Å². The van der Waals surface area contributed by atoms with Gasteiger partial charge >= 0.3 is 0 Å². The molecule has 3 nitrogen and oxygen atoms in total. The quantitative estimate of drug-likeness (QED) is 0.703. The summed E-state index contributed by atoms with van der Waals surface area (Å²) in [5.41, 5.74) is 8.63. The Kier molecular flexibility index (Phi) is 5.89. The fraction of sp³-hybridized carbons (Fsp3) is 0.294. The van der Waals surface area contributed by atoms with E-state index in [9.17, 15) is 4.21 Å². The summed E-state index contributed by atoms with van der Waals surface area (Å²) < 4.78 is 16.3. The van der Waals surface area contributed by atoms with Crippen LogP contribution in [-0.4, -0.2) is 8.96 Å². The SMILES string of the molecule is CC(C)(C)[S@@](=O)N[C@@H](c1ccc(Cl)cc1)c1cc(Br)ccc1N. The molecule has 0 saturated heterocycles. The fourth-order valence-corrected chi connectivity index (χ4v) is 3.38. The van der Waals surface area contributed by atoms with E-state index in [-0.39, 0.29) is 10.8 Å². The molecule has 0 amide bonds. The number of halogens is 2. The van der Waals surface area contributed by atoms with Crippen molar-refractivity contribution in [3.63, 3.8) is 0 Å². The molecule has 0 unspecified atom stereocenters. The average molecular weight is 416 g/mol. The first-order valence-corrected chi connectivity index (χ1v) is 9.49. The Labute approximate surface area is 153 Å². The second kappa shape index (κ2) is 7.34. The zero-order valence-electron chi connectivity index (χ0n) is 13.3. The summed E-state index contributed by atoms with van der Waals surface area (Å²) in [6.45, 7) is 5.79. The number of hydrogen-bond donors (Lipinski definition) is 2. The van der Waals surface area contributed by atoms with Crippen molar-refractivity contribution in [3.8, 4) is 0 Å². The third kappa shape index (κ3) is 4.80. The highest BCUT2D eigenvalue weighted by atomic mass is 79.9. The molecule has 0 radical (unpaired) electrons. The third-order valence-electron chi connectivity index (χ3n) is 3.34. The second-order valence-corrected chi connectivity index (χ2v) is 9.61. The molecular formula is C17H20BrClN2OS. The topological polar surface area (TPSA) is 55.1 Å². The third-order valence-corrected chi connectivity index (χ3v) is 5.65. The van der Waals surface area contributed by atoms with Gasteiger partial charge < -0.3 is 5.73 Å². The molecule has 3 N–H and O–H groups in total. The molecular weight excluding hydrogens is 396 g/mol. The van der Waals surface area contributed by atoms with Crippen molar-refractivity contribution in [2.24, 2.45) is 0 Å². The van der Waals surface area contributed by atoms with Crippen LogP contribution in [-0.2, 0) is 11.0 Å². The van der Waals surface area contributed by atoms with Crippen molar-refractivity contribution in [1.29, 1.82) is 0 Å². The van der Waals surface area contributed by atoms with Gasteiger partial charge in [0, 0.05) is 15.2 Å². The van der Waals surface area contributed by atoms with E-state index in [2.05, 4.69) is 20.7 Å². The van der Waals surface area contributed by atoms with Crippen molar-refractivity contribution in [1.82, 2.24) is 4.72 Å². The van der Waals surface area contributed by atoms with Crippen LogP contribution in [0.15, 0.2) is 46.9 Å². The lowest BCUT2D eigenvalue weighted by Crippen LogP contribution is -2.36. The maximum absolute atomic E-state index is 12.6. The molecule has 2 aromatic rings. The molecule has 6 heteroatoms. The summed E-state index contributed by atoms with van der Waals surface area (Å²) in [4.78, 5) is 0. The summed E-state index contributed by atoms with van der Waals surface area (Å²) in [7, 11) is -1.24. The first-order chi connectivity index (χ1) is 10.7. The van der Waals surface area contributed by atoms with Crippen LogP contribution in [0.4, 0.5) is 5.69 Å². The Morgan fingerprint density at radius 2 is 1.78 bits per heavy atom. The highest BCUT2D eigenvalue weighted by molar-refractivity contribution is 9.10. The number of rotatable bonds is 4. The van der Waals surface area contributed by atoms with E-state index in [0.29, 0.717) is 10.7 Å². The van der Waals surface area contributed by atoms with Crippen molar-refractivity contribution >= 4 is 44.2 Å². The normalized spacial score (nSPS) is 14.5. The monoisotopic (exact) mass is 414 g/mol. The minimum Gasteiger partial charge on any atom is -0.398 e. The molecule has 0 fully saturated rings. The van der Waals surface area contributed by atoms with Gasteiger partial charge in [-0.1, -0.05) is 39.7 Å². The van der Waals surface area contributed by atoms with Gasteiger partial charge in [-0.2, -0.15) is 0 Å². The van der Waals surface area contributed by atoms with Crippen LogP contribution in [0, 0.1) is 0 Å². The zero-order chi connectivity index (χ0) is 17.2. The molecule has 0 aliphatic rings. The van der Waals surface area contributed by atoms with Crippen molar-refractivity contribution in [2.45, 2.75) is 31.6 Å². The highest BCUT2D eigenvalue weighted by Gasteiger charge is 2.25. The van der Waals surface area contributed by atoms with Crippen LogP contribution < -0.4 is 10.5 Å². The lowest BCUT2D eigenvalue weighted by Gasteiger charge is -2.26. The van der Waals surface area contributed by atoms with Gasteiger partial charge in [-0.15, -0.1) is 0 Å². The lowest BCUT2D eigenvalue weighted by atomic mass is 9.98. The molecule has 2 aromatic carbocycles. The molecule has 0 aromatic heterocycles. The minimum absolute atomic E-state index is 0.287. The lowest BCUT2D eigenvalue weighted by molar-refractivity contribution is 0.624. The molecule has 0 saturated carbocycles. The van der Waals surface area contributed by atoms with Crippen LogP contribution >= 0.6 is 27.5 Å². The van der Waals surface area contributed by atoms with Gasteiger partial charge in [-0.05, 0) is 62.2 Å². The summed E-state index contributed by atoms with van der Waals surface area (Å²) in [5, 5.41) is 0.659. The molecule has 0 aliphatic heterocycles. The van der Waals surface area contributed by atoms with E-state index in [1.54, 1.807) is 0 Å². The van der Waals surface area contributed by atoms with Crippen LogP contribution in [0.5, 0.6) is 0 Å². The van der Waals surface area contributed by atoms with E-state index in [0.717, 1.165) is 15.6 Å². The fourth-order valence-electron chi connectivity index (χ4n) is 2.05. The summed E-state index contributed by atoms with van der Waals surface area (Å²) in [6.07, 6.45) is 0. The number of nitrogens with two attached hydrogens (primary N) is 1. The first kappa shape index (κ1) is 18.5. The van der Waals surface area contributed by atoms with E-state index in [1.807, 2.05) is 63.2 Å². The molecule has 2 atom stereocenters. The Morgan fingerprint density at radius 1 is 1.17 bits per heavy atom. The van der Waals surface area contributed by atoms with Crippen molar-refractivity contribution in [2.75, 3.05) is 5.73 Å². The van der Waals surface area contributed by atoms with Crippen LogP contribution in [0.3, 0.4) is 0 Å². The van der Waals surface area contributed by atoms with Gasteiger partial charge in [-0.25, -0.2) is 8.93 Å². The summed E-state index contributed by atoms with van der Waals surface area (Å²) in [6, 6.07) is 12.9. The standard InChI is InChI=1S/C17H20BrClN2OS/c1-17(2,3)23(22)21-16(11-4-7-13(19)8-5-11)14-10-12(18)6-9-15(14)20/h4-10,16,21H,20H2,1-3H3/t16-,23+/m0/s1. The van der Waals surface area contributed by atoms with Gasteiger partial charge in [0.25, 0.3) is 0 Å². The Morgan fingerprint density at radius 3 is 2.35 bits per heavy atom. The minimum atomic E-state index is -1.24. The molecule has 124 valence electrons. The van der Waals surface area contributed by atoms with Crippen molar-refractivity contribution in [3.05, 3.63) is 63.1 Å². The Hall–Kier alpha value is -0.880. The number of nitrogen functional groups attached to an aromatic ring is 1. The Balaban J connectivity index is 2.49. The molecule has 0 aliphatic carbocycles. The number of hydrogen-bond acceptors (Lipinski definition) is 2. The molecule has 23 heavy (non-hydrogen) atoms. The largest absolute Gasteiger partial charge is 0.398 e. The van der Waals surface area contributed by atoms with Crippen LogP contribution in [0.25, 0.3) is 0 Å². The van der Waals surface area contributed by atoms with Gasteiger partial charge in [0.1, 0.15) is 0 Å². The molecule has 0 bridgehead atoms. The molecule has 0 spiro atoms. The van der Waals surface area contributed by atoms with E-state index in [4.69, 9.17) is 17.3 Å². The summed E-state index contributed by atoms with van der Waals surface area (Å²) >= 11 is 9.46. The second-order valence-electron chi connectivity index (χ2n) is 6.26. The zero-order valence-corrected chi connectivity index (χ0v) is 16.4. The first-order valence-electron chi connectivity index (χ1n) is 7.17. The van der Waals surface area contributed by atoms with Crippen molar-refractivity contribution < 1.29 is 4.21 Å². The van der Waals surface area contributed by atoms with E-state index in [1.165, 1.54) is 0 Å². The maximum Gasteiger partial charge on any atom is 0.0979 e. The highest BCUT2D eigenvalue weighted by Crippen LogP contribution is 2.31. The predicted molar refractivity (Wildman–Crippen MR) is 103 cm³/mol.